The van der Waals surface area contributed by atoms with Crippen LogP contribution in [-0.2, 0) is 10.2 Å². The van der Waals surface area contributed by atoms with Gasteiger partial charge in [-0.3, -0.25) is 0 Å². The maximum absolute atomic E-state index is 13.1. The highest BCUT2D eigenvalue weighted by molar-refractivity contribution is 5.74. The number of aromatic nitrogens is 1. The number of ether oxygens (including phenoxy) is 1. The third kappa shape index (κ3) is 1.45. The van der Waals surface area contributed by atoms with Crippen LogP contribution in [-0.4, -0.2) is 24.4 Å². The lowest BCUT2D eigenvalue weighted by Gasteiger charge is -2.42. The third-order valence-corrected chi connectivity index (χ3v) is 3.29. The molecule has 1 aromatic heterocycles. The summed E-state index contributed by atoms with van der Waals surface area (Å²) in [5.74, 6) is 0.438. The van der Waals surface area contributed by atoms with Crippen molar-refractivity contribution in [2.24, 2.45) is 0 Å². The molecule has 1 aliphatic rings. The highest BCUT2D eigenvalue weighted by Gasteiger charge is 2.61. The number of oxazole rings is 1. The normalized spacial score (nSPS) is 18.9. The van der Waals surface area contributed by atoms with Crippen LogP contribution in [0.2, 0.25) is 0 Å². The van der Waals surface area contributed by atoms with Gasteiger partial charge in [0.15, 0.2) is 11.5 Å². The summed E-state index contributed by atoms with van der Waals surface area (Å²) in [4.78, 5) is 4.06. The van der Waals surface area contributed by atoms with Crippen LogP contribution in [0.25, 0.3) is 11.1 Å². The van der Waals surface area contributed by atoms with Gasteiger partial charge in [-0.1, -0.05) is 6.07 Å². The molecule has 0 N–H and O–H groups in total. The Morgan fingerprint density at radius 2 is 2.00 bits per heavy atom. The molecule has 18 heavy (non-hydrogen) atoms. The van der Waals surface area contributed by atoms with Gasteiger partial charge in [0.2, 0.25) is 0 Å². The van der Waals surface area contributed by atoms with Gasteiger partial charge in [-0.2, -0.15) is 13.2 Å². The topological polar surface area (TPSA) is 35.3 Å². The molecule has 1 aliphatic heterocycles. The maximum Gasteiger partial charge on any atom is 0.402 e. The number of halogens is 3. The van der Waals surface area contributed by atoms with Crippen molar-refractivity contribution in [2.45, 2.75) is 18.5 Å². The summed E-state index contributed by atoms with van der Waals surface area (Å²) in [5.41, 5.74) is -0.790. The van der Waals surface area contributed by atoms with E-state index in [0.717, 1.165) is 0 Å². The first-order valence-corrected chi connectivity index (χ1v) is 5.44. The van der Waals surface area contributed by atoms with Crippen molar-refractivity contribution < 1.29 is 22.3 Å². The molecule has 3 rings (SSSR count). The summed E-state index contributed by atoms with van der Waals surface area (Å²) < 4.78 is 49.4. The van der Waals surface area contributed by atoms with E-state index in [1.807, 2.05) is 0 Å². The largest absolute Gasteiger partial charge is 0.441 e. The lowest BCUT2D eigenvalue weighted by molar-refractivity contribution is -0.262. The van der Waals surface area contributed by atoms with Crippen LogP contribution >= 0.6 is 0 Å². The Hall–Kier alpha value is -1.56. The Morgan fingerprint density at radius 3 is 2.56 bits per heavy atom. The summed E-state index contributed by atoms with van der Waals surface area (Å²) in [6, 6.07) is 4.40. The summed E-state index contributed by atoms with van der Waals surface area (Å²) in [6.07, 6.45) is -4.33. The number of alkyl halides is 3. The van der Waals surface area contributed by atoms with Gasteiger partial charge in [0.25, 0.3) is 0 Å². The highest BCUT2D eigenvalue weighted by Crippen LogP contribution is 2.46. The molecule has 2 aromatic rings. The van der Waals surface area contributed by atoms with E-state index in [9.17, 15) is 13.2 Å². The fraction of sp³-hybridized carbons (Fsp3) is 0.417. The molecule has 0 bridgehead atoms. The molecular formula is C12H10F3NO2. The molecular weight excluding hydrogens is 247 g/mol. The molecule has 0 amide bonds. The SMILES string of the molecule is Cc1nc2ccc(C3(C(F)(F)F)COC3)cc2o1. The number of rotatable bonds is 1. The Morgan fingerprint density at radius 1 is 1.28 bits per heavy atom. The van der Waals surface area contributed by atoms with Gasteiger partial charge in [0, 0.05) is 6.92 Å². The Balaban J connectivity index is 2.13. The van der Waals surface area contributed by atoms with Gasteiger partial charge in [-0.15, -0.1) is 0 Å². The molecule has 2 heterocycles. The predicted molar refractivity (Wildman–Crippen MR) is 57.3 cm³/mol. The molecule has 1 fully saturated rings. The minimum Gasteiger partial charge on any atom is -0.441 e. The fourth-order valence-electron chi connectivity index (χ4n) is 2.14. The average Bonchev–Trinajstić information content (AvgIpc) is 2.52. The molecule has 0 aliphatic carbocycles. The molecule has 0 saturated carbocycles. The molecule has 96 valence electrons. The van der Waals surface area contributed by atoms with Crippen molar-refractivity contribution in [2.75, 3.05) is 13.2 Å². The highest BCUT2D eigenvalue weighted by atomic mass is 19.4. The third-order valence-electron chi connectivity index (χ3n) is 3.29. The first-order chi connectivity index (χ1) is 8.42. The molecule has 0 unspecified atom stereocenters. The summed E-state index contributed by atoms with van der Waals surface area (Å²) in [5, 5.41) is 0. The van der Waals surface area contributed by atoms with Crippen LogP contribution in [0.1, 0.15) is 11.5 Å². The first-order valence-electron chi connectivity index (χ1n) is 5.44. The second-order valence-electron chi connectivity index (χ2n) is 4.49. The number of hydrogen-bond acceptors (Lipinski definition) is 3. The monoisotopic (exact) mass is 257 g/mol. The van der Waals surface area contributed by atoms with Crippen molar-refractivity contribution in [3.8, 4) is 0 Å². The standard InChI is InChI=1S/C12H10F3NO2/c1-7-16-9-3-2-8(4-10(9)18-7)11(5-17-6-11)12(13,14)15/h2-4H,5-6H2,1H3. The van der Waals surface area contributed by atoms with Crippen molar-refractivity contribution in [3.05, 3.63) is 29.7 Å². The van der Waals surface area contributed by atoms with E-state index in [2.05, 4.69) is 4.98 Å². The zero-order valence-corrected chi connectivity index (χ0v) is 9.54. The molecule has 1 aromatic carbocycles. The lowest BCUT2D eigenvalue weighted by Crippen LogP contribution is -2.57. The van der Waals surface area contributed by atoms with E-state index >= 15 is 0 Å². The van der Waals surface area contributed by atoms with Gasteiger partial charge >= 0.3 is 6.18 Å². The molecule has 0 spiro atoms. The average molecular weight is 257 g/mol. The smallest absolute Gasteiger partial charge is 0.402 e. The van der Waals surface area contributed by atoms with Gasteiger partial charge in [-0.25, -0.2) is 4.98 Å². The number of benzene rings is 1. The van der Waals surface area contributed by atoms with Crippen molar-refractivity contribution in [1.29, 1.82) is 0 Å². The second kappa shape index (κ2) is 3.47. The van der Waals surface area contributed by atoms with Crippen molar-refractivity contribution >= 4 is 11.1 Å². The first kappa shape index (κ1) is 11.5. The van der Waals surface area contributed by atoms with E-state index < -0.39 is 11.6 Å². The number of nitrogens with zero attached hydrogens (tertiary/aromatic N) is 1. The zero-order valence-electron chi connectivity index (χ0n) is 9.54. The van der Waals surface area contributed by atoms with Gasteiger partial charge in [0.05, 0.1) is 13.2 Å². The fourth-order valence-corrected chi connectivity index (χ4v) is 2.14. The van der Waals surface area contributed by atoms with Gasteiger partial charge < -0.3 is 9.15 Å². The van der Waals surface area contributed by atoms with Crippen molar-refractivity contribution in [3.63, 3.8) is 0 Å². The zero-order chi connectivity index (χ0) is 13.0. The van der Waals surface area contributed by atoms with Crippen LogP contribution < -0.4 is 0 Å². The van der Waals surface area contributed by atoms with Crippen LogP contribution in [0.15, 0.2) is 22.6 Å². The minimum atomic E-state index is -4.33. The predicted octanol–water partition coefficient (Wildman–Crippen LogP) is 2.97. The Kier molecular flexibility index (Phi) is 2.22. The van der Waals surface area contributed by atoms with Crippen LogP contribution in [0.5, 0.6) is 0 Å². The van der Waals surface area contributed by atoms with E-state index in [1.165, 1.54) is 12.1 Å². The van der Waals surface area contributed by atoms with E-state index in [4.69, 9.17) is 9.15 Å². The maximum atomic E-state index is 13.1. The summed E-state index contributed by atoms with van der Waals surface area (Å²) in [6.45, 7) is 0.982. The van der Waals surface area contributed by atoms with E-state index in [1.54, 1.807) is 13.0 Å². The second-order valence-corrected chi connectivity index (χ2v) is 4.49. The van der Waals surface area contributed by atoms with Crippen LogP contribution in [0, 0.1) is 6.92 Å². The molecule has 6 heteroatoms. The molecule has 3 nitrogen and oxygen atoms in total. The van der Waals surface area contributed by atoms with Crippen LogP contribution in [0.4, 0.5) is 13.2 Å². The van der Waals surface area contributed by atoms with E-state index in [-0.39, 0.29) is 18.8 Å². The lowest BCUT2D eigenvalue weighted by atomic mass is 9.78. The Labute approximate surface area is 101 Å². The Bertz CT molecular complexity index is 599. The summed E-state index contributed by atoms with van der Waals surface area (Å²) >= 11 is 0. The van der Waals surface area contributed by atoms with Gasteiger partial charge in [0.1, 0.15) is 10.9 Å². The molecule has 1 saturated heterocycles. The van der Waals surface area contributed by atoms with Crippen LogP contribution in [0.3, 0.4) is 0 Å². The van der Waals surface area contributed by atoms with E-state index in [0.29, 0.717) is 17.0 Å². The van der Waals surface area contributed by atoms with Gasteiger partial charge in [-0.05, 0) is 17.7 Å². The molecule has 0 radical (unpaired) electrons. The minimum absolute atomic E-state index is 0.171. The van der Waals surface area contributed by atoms with Crippen molar-refractivity contribution in [1.82, 2.24) is 4.98 Å². The summed E-state index contributed by atoms with van der Waals surface area (Å²) in [7, 11) is 0. The number of aryl methyl sites for hydroxylation is 1. The number of fused-ring (bicyclic) bond motifs is 1. The number of hydrogen-bond donors (Lipinski definition) is 0. The quantitative estimate of drug-likeness (QED) is 0.787. The molecule has 0 atom stereocenters.